The number of ether oxygens (including phenoxy) is 2. The van der Waals surface area contributed by atoms with Gasteiger partial charge < -0.3 is 20.1 Å². The molecule has 25 heavy (non-hydrogen) atoms. The number of benzene rings is 1. The van der Waals surface area contributed by atoms with Gasteiger partial charge in [0.25, 0.3) is 0 Å². The first-order chi connectivity index (χ1) is 12.3. The lowest BCUT2D eigenvalue weighted by Gasteiger charge is -2.15. The van der Waals surface area contributed by atoms with Gasteiger partial charge in [-0.2, -0.15) is 11.8 Å². The Morgan fingerprint density at radius 3 is 2.88 bits per heavy atom. The highest BCUT2D eigenvalue weighted by molar-refractivity contribution is 8.00. The number of nitrogens with one attached hydrogen (secondary N) is 2. The van der Waals surface area contributed by atoms with Crippen LogP contribution in [0.4, 0.5) is 0 Å². The van der Waals surface area contributed by atoms with E-state index in [1.165, 1.54) is 24.2 Å². The van der Waals surface area contributed by atoms with Crippen LogP contribution in [0.3, 0.4) is 0 Å². The maximum Gasteiger partial charge on any atom is 0.191 e. The largest absolute Gasteiger partial charge is 0.493 e. The molecule has 1 aliphatic heterocycles. The molecule has 0 amide bonds. The lowest BCUT2D eigenvalue weighted by molar-refractivity contribution is 0.310. The maximum atomic E-state index is 5.64. The zero-order chi connectivity index (χ0) is 17.9. The molecule has 1 atom stereocenters. The van der Waals surface area contributed by atoms with E-state index in [-0.39, 0.29) is 0 Å². The van der Waals surface area contributed by atoms with Gasteiger partial charge in [0.15, 0.2) is 17.5 Å². The van der Waals surface area contributed by atoms with Crippen molar-refractivity contribution in [1.82, 2.24) is 10.6 Å². The molecule has 1 saturated heterocycles. The highest BCUT2D eigenvalue weighted by atomic mass is 32.2. The summed E-state index contributed by atoms with van der Waals surface area (Å²) in [5.74, 6) is 3.81. The van der Waals surface area contributed by atoms with Crippen molar-refractivity contribution >= 4 is 17.7 Å². The predicted molar refractivity (Wildman–Crippen MR) is 107 cm³/mol. The number of aliphatic imine (C=N–C) groups is 1. The average Bonchev–Trinajstić information content (AvgIpc) is 3.15. The van der Waals surface area contributed by atoms with Crippen molar-refractivity contribution in [3.05, 3.63) is 23.8 Å². The van der Waals surface area contributed by atoms with Crippen molar-refractivity contribution in [2.45, 2.75) is 37.9 Å². The molecular formula is C19H31N3O2S. The second kappa shape index (κ2) is 11.1. The fraction of sp³-hybridized carbons (Fsp3) is 0.632. The summed E-state index contributed by atoms with van der Waals surface area (Å²) >= 11 is 2.06. The fourth-order valence-corrected chi connectivity index (χ4v) is 4.08. The normalized spacial score (nSPS) is 17.4. The van der Waals surface area contributed by atoms with Gasteiger partial charge in [-0.15, -0.1) is 0 Å². The monoisotopic (exact) mass is 365 g/mol. The van der Waals surface area contributed by atoms with Crippen molar-refractivity contribution < 1.29 is 9.47 Å². The smallest absolute Gasteiger partial charge is 0.191 e. The zero-order valence-corrected chi connectivity index (χ0v) is 16.5. The number of hydrogen-bond donors (Lipinski definition) is 2. The Kier molecular flexibility index (Phi) is 8.80. The molecule has 0 radical (unpaired) electrons. The van der Waals surface area contributed by atoms with E-state index >= 15 is 0 Å². The maximum absolute atomic E-state index is 5.64. The molecule has 5 nitrogen and oxygen atoms in total. The summed E-state index contributed by atoms with van der Waals surface area (Å²) in [6, 6.07) is 6.16. The van der Waals surface area contributed by atoms with E-state index in [1.54, 1.807) is 7.11 Å². The molecule has 1 heterocycles. The van der Waals surface area contributed by atoms with Crippen LogP contribution in [0.5, 0.6) is 11.5 Å². The number of hydrogen-bond acceptors (Lipinski definition) is 4. The first-order valence-corrected chi connectivity index (χ1v) is 10.2. The van der Waals surface area contributed by atoms with E-state index in [0.717, 1.165) is 48.6 Å². The minimum absolute atomic E-state index is 0.642. The van der Waals surface area contributed by atoms with Crippen molar-refractivity contribution in [2.24, 2.45) is 4.99 Å². The van der Waals surface area contributed by atoms with E-state index in [0.29, 0.717) is 6.61 Å². The lowest BCUT2D eigenvalue weighted by Crippen LogP contribution is -2.40. The van der Waals surface area contributed by atoms with Gasteiger partial charge in [0.2, 0.25) is 0 Å². The van der Waals surface area contributed by atoms with Crippen LogP contribution in [-0.2, 0) is 6.42 Å². The Hall–Kier alpha value is -1.56. The van der Waals surface area contributed by atoms with E-state index in [9.17, 15) is 0 Å². The highest BCUT2D eigenvalue weighted by Gasteiger charge is 2.15. The van der Waals surface area contributed by atoms with Crippen LogP contribution < -0.4 is 20.1 Å². The van der Waals surface area contributed by atoms with E-state index in [2.05, 4.69) is 39.5 Å². The van der Waals surface area contributed by atoms with Crippen LogP contribution in [0, 0.1) is 0 Å². The van der Waals surface area contributed by atoms with Gasteiger partial charge in [0.05, 0.1) is 13.7 Å². The van der Waals surface area contributed by atoms with E-state index in [1.807, 2.05) is 20.0 Å². The molecule has 1 aromatic carbocycles. The number of guanidine groups is 1. The Bertz CT molecular complexity index is 545. The Balaban J connectivity index is 1.71. The lowest BCUT2D eigenvalue weighted by atomic mass is 10.1. The minimum Gasteiger partial charge on any atom is -0.493 e. The highest BCUT2D eigenvalue weighted by Crippen LogP contribution is 2.28. The van der Waals surface area contributed by atoms with Crippen LogP contribution in [0.2, 0.25) is 0 Å². The molecule has 2 rings (SSSR count). The van der Waals surface area contributed by atoms with Gasteiger partial charge in [0, 0.05) is 25.4 Å². The third-order valence-corrected chi connectivity index (χ3v) is 5.61. The molecule has 1 unspecified atom stereocenters. The second-order valence-electron chi connectivity index (χ2n) is 6.04. The SMILES string of the molecule is CCOc1cc(CCCNC(=NC)NCC2CCCS2)ccc1OC. The van der Waals surface area contributed by atoms with Gasteiger partial charge in [-0.05, 0) is 56.1 Å². The van der Waals surface area contributed by atoms with Crippen LogP contribution in [-0.4, -0.2) is 50.8 Å². The van der Waals surface area contributed by atoms with Gasteiger partial charge in [0.1, 0.15) is 0 Å². The molecule has 1 fully saturated rings. The molecular weight excluding hydrogens is 334 g/mol. The first-order valence-electron chi connectivity index (χ1n) is 9.12. The van der Waals surface area contributed by atoms with Crippen molar-refractivity contribution in [1.29, 1.82) is 0 Å². The Morgan fingerprint density at radius 2 is 2.20 bits per heavy atom. The quantitative estimate of drug-likeness (QED) is 0.400. The first kappa shape index (κ1) is 19.8. The van der Waals surface area contributed by atoms with Crippen molar-refractivity contribution in [3.8, 4) is 11.5 Å². The number of methoxy groups -OCH3 is 1. The number of thioether (sulfide) groups is 1. The molecule has 0 aromatic heterocycles. The molecule has 140 valence electrons. The summed E-state index contributed by atoms with van der Waals surface area (Å²) in [5, 5.41) is 7.56. The summed E-state index contributed by atoms with van der Waals surface area (Å²) in [6.45, 7) is 4.52. The molecule has 1 aliphatic rings. The second-order valence-corrected chi connectivity index (χ2v) is 7.44. The molecule has 0 spiro atoms. The van der Waals surface area contributed by atoms with Gasteiger partial charge >= 0.3 is 0 Å². The molecule has 1 aromatic rings. The predicted octanol–water partition coefficient (Wildman–Crippen LogP) is 3.09. The minimum atomic E-state index is 0.642. The summed E-state index contributed by atoms with van der Waals surface area (Å²) in [6.07, 6.45) is 4.69. The topological polar surface area (TPSA) is 54.9 Å². The summed E-state index contributed by atoms with van der Waals surface area (Å²) in [4.78, 5) is 4.30. The number of rotatable bonds is 9. The van der Waals surface area contributed by atoms with Crippen molar-refractivity contribution in [2.75, 3.05) is 39.6 Å². The summed E-state index contributed by atoms with van der Waals surface area (Å²) in [7, 11) is 3.50. The van der Waals surface area contributed by atoms with Crippen LogP contribution in [0.25, 0.3) is 0 Å². The standard InChI is InChI=1S/C19H31N3O2S/c1-4-24-18-13-15(9-10-17(18)23-3)7-5-11-21-19(20-2)22-14-16-8-6-12-25-16/h9-10,13,16H,4-8,11-12,14H2,1-3H3,(H2,20,21,22). The van der Waals surface area contributed by atoms with Crippen LogP contribution >= 0.6 is 11.8 Å². The van der Waals surface area contributed by atoms with E-state index in [4.69, 9.17) is 9.47 Å². The van der Waals surface area contributed by atoms with Crippen molar-refractivity contribution in [3.63, 3.8) is 0 Å². The van der Waals surface area contributed by atoms with Gasteiger partial charge in [-0.3, -0.25) is 4.99 Å². The molecule has 0 aliphatic carbocycles. The number of nitrogens with zero attached hydrogens (tertiary/aromatic N) is 1. The molecule has 0 saturated carbocycles. The molecule has 2 N–H and O–H groups in total. The Morgan fingerprint density at radius 1 is 1.32 bits per heavy atom. The van der Waals surface area contributed by atoms with Crippen LogP contribution in [0.1, 0.15) is 31.7 Å². The number of aryl methyl sites for hydroxylation is 1. The molecule has 0 bridgehead atoms. The zero-order valence-electron chi connectivity index (χ0n) is 15.6. The molecule has 6 heteroatoms. The van der Waals surface area contributed by atoms with E-state index < -0.39 is 0 Å². The average molecular weight is 366 g/mol. The van der Waals surface area contributed by atoms with Gasteiger partial charge in [-0.25, -0.2) is 0 Å². The van der Waals surface area contributed by atoms with Gasteiger partial charge in [-0.1, -0.05) is 6.07 Å². The third kappa shape index (κ3) is 6.69. The summed E-state index contributed by atoms with van der Waals surface area (Å²) < 4.78 is 11.0. The van der Waals surface area contributed by atoms with Crippen LogP contribution in [0.15, 0.2) is 23.2 Å². The fourth-order valence-electron chi connectivity index (χ4n) is 2.88. The Labute approximate surface area is 156 Å². The summed E-state index contributed by atoms with van der Waals surface area (Å²) in [5.41, 5.74) is 1.26. The third-order valence-electron chi connectivity index (χ3n) is 4.21.